The van der Waals surface area contributed by atoms with Gasteiger partial charge in [0.15, 0.2) is 0 Å². The van der Waals surface area contributed by atoms with Crippen LogP contribution in [0.3, 0.4) is 0 Å². The number of nitrogens with one attached hydrogen (secondary N) is 1. The first-order chi connectivity index (χ1) is 21.0. The van der Waals surface area contributed by atoms with Gasteiger partial charge in [-0.05, 0) is 41.0 Å². The SMILES string of the molecule is O=C(O)Cn1nnnc1SCC1=C(C(=O)O)N2C(=O)[C@@H](NC(=O)CCCC(C(=O)O)N3C(=O)c4ccccc4C3=O)[C@@H]2SC1. The summed E-state index contributed by atoms with van der Waals surface area (Å²) < 4.78 is 1.05. The lowest BCUT2D eigenvalue weighted by molar-refractivity contribution is -0.150. The quantitative estimate of drug-likeness (QED) is 0.122. The summed E-state index contributed by atoms with van der Waals surface area (Å²) in [6.45, 7) is -0.483. The van der Waals surface area contributed by atoms with Crippen LogP contribution in [0.1, 0.15) is 40.0 Å². The number of hydrogen-bond donors (Lipinski definition) is 4. The van der Waals surface area contributed by atoms with Crippen molar-refractivity contribution in [3.63, 3.8) is 0 Å². The van der Waals surface area contributed by atoms with Crippen LogP contribution < -0.4 is 5.32 Å². The van der Waals surface area contributed by atoms with E-state index >= 15 is 0 Å². The van der Waals surface area contributed by atoms with Crippen molar-refractivity contribution in [1.82, 2.24) is 35.3 Å². The van der Waals surface area contributed by atoms with Crippen molar-refractivity contribution >= 4 is 65.1 Å². The minimum Gasteiger partial charge on any atom is -0.480 e. The summed E-state index contributed by atoms with van der Waals surface area (Å²) in [7, 11) is 0. The Morgan fingerprint density at radius 3 is 2.36 bits per heavy atom. The smallest absolute Gasteiger partial charge is 0.352 e. The van der Waals surface area contributed by atoms with Gasteiger partial charge in [0.2, 0.25) is 11.1 Å². The molecule has 0 radical (unpaired) electrons. The number of carbonyl (C=O) groups excluding carboxylic acids is 4. The van der Waals surface area contributed by atoms with E-state index < -0.39 is 65.5 Å². The number of tetrazole rings is 1. The lowest BCUT2D eigenvalue weighted by Gasteiger charge is -2.49. The van der Waals surface area contributed by atoms with E-state index in [1.165, 1.54) is 23.9 Å². The number of nitrogens with zero attached hydrogens (tertiary/aromatic N) is 6. The lowest BCUT2D eigenvalue weighted by Crippen LogP contribution is -2.70. The molecular weight excluding hydrogens is 622 g/mol. The van der Waals surface area contributed by atoms with Crippen LogP contribution in [0.2, 0.25) is 0 Å². The maximum absolute atomic E-state index is 13.0. The molecule has 0 aliphatic carbocycles. The van der Waals surface area contributed by atoms with E-state index in [0.717, 1.165) is 21.3 Å². The highest BCUT2D eigenvalue weighted by Crippen LogP contribution is 2.41. The molecule has 3 aliphatic rings. The third kappa shape index (κ3) is 5.74. The molecule has 0 spiro atoms. The van der Waals surface area contributed by atoms with Gasteiger partial charge < -0.3 is 20.6 Å². The number of amides is 4. The van der Waals surface area contributed by atoms with E-state index in [9.17, 15) is 43.8 Å². The van der Waals surface area contributed by atoms with Crippen LogP contribution in [0.25, 0.3) is 0 Å². The molecule has 1 aromatic carbocycles. The second kappa shape index (κ2) is 12.4. The average Bonchev–Trinajstić information content (AvgIpc) is 3.52. The minimum atomic E-state index is -1.49. The van der Waals surface area contributed by atoms with Gasteiger partial charge in [0.1, 0.15) is 29.7 Å². The van der Waals surface area contributed by atoms with Gasteiger partial charge in [-0.15, -0.1) is 16.9 Å². The molecule has 1 aromatic heterocycles. The first-order valence-electron chi connectivity index (χ1n) is 13.0. The maximum atomic E-state index is 13.0. The monoisotopic (exact) mass is 645 g/mol. The lowest BCUT2D eigenvalue weighted by atomic mass is 10.0. The second-order valence-electron chi connectivity index (χ2n) is 9.79. The Bertz CT molecular complexity index is 1590. The van der Waals surface area contributed by atoms with Crippen molar-refractivity contribution in [3.05, 3.63) is 46.7 Å². The predicted molar refractivity (Wildman–Crippen MR) is 148 cm³/mol. The van der Waals surface area contributed by atoms with Crippen molar-refractivity contribution in [3.8, 4) is 0 Å². The highest BCUT2D eigenvalue weighted by atomic mass is 32.2. The highest BCUT2D eigenvalue weighted by molar-refractivity contribution is 8.01. The summed E-state index contributed by atoms with van der Waals surface area (Å²) >= 11 is 2.25. The van der Waals surface area contributed by atoms with Gasteiger partial charge in [-0.3, -0.25) is 33.8 Å². The Hall–Kier alpha value is -4.78. The van der Waals surface area contributed by atoms with E-state index in [-0.39, 0.29) is 52.7 Å². The van der Waals surface area contributed by atoms with E-state index in [2.05, 4.69) is 20.8 Å². The number of aliphatic carboxylic acids is 3. The molecule has 19 heteroatoms. The molecule has 1 unspecified atom stereocenters. The standard InChI is InChI=1S/C25H23N7O10S2/c33-15(7-3-6-14(23(39)40)31-19(36)12-4-1-2-5-13(12)20(31)37)26-17-21(38)32-18(24(41)42)11(9-43-22(17)32)10-44-25-27-28-29-30(25)8-16(34)35/h1-2,4-5,14,17,22H,3,6-10H2,(H,26,33)(H,34,35)(H,39,40)(H,41,42)/t14?,17-,22+/m1/s1. The number of rotatable bonds is 13. The van der Waals surface area contributed by atoms with Crippen LogP contribution in [-0.4, -0.2) is 116 Å². The summed E-state index contributed by atoms with van der Waals surface area (Å²) in [6, 6.07) is 3.50. The first-order valence-corrected chi connectivity index (χ1v) is 15.0. The van der Waals surface area contributed by atoms with Crippen LogP contribution in [0, 0.1) is 0 Å². The number of thioether (sulfide) groups is 2. The fourth-order valence-corrected chi connectivity index (χ4v) is 7.39. The zero-order valence-corrected chi connectivity index (χ0v) is 24.1. The van der Waals surface area contributed by atoms with E-state index in [1.54, 1.807) is 12.1 Å². The van der Waals surface area contributed by atoms with Crippen LogP contribution in [0.15, 0.2) is 40.7 Å². The van der Waals surface area contributed by atoms with Crippen molar-refractivity contribution in [2.24, 2.45) is 0 Å². The Kier molecular flexibility index (Phi) is 8.68. The van der Waals surface area contributed by atoms with Gasteiger partial charge in [-0.2, -0.15) is 0 Å². The zero-order valence-electron chi connectivity index (χ0n) is 22.5. The van der Waals surface area contributed by atoms with Crippen LogP contribution in [-0.2, 0) is 30.5 Å². The van der Waals surface area contributed by atoms with Crippen LogP contribution in [0.5, 0.6) is 0 Å². The van der Waals surface area contributed by atoms with Crippen molar-refractivity contribution in [2.75, 3.05) is 11.5 Å². The van der Waals surface area contributed by atoms with E-state index in [0.29, 0.717) is 10.5 Å². The molecule has 2 aromatic rings. The van der Waals surface area contributed by atoms with Crippen LogP contribution >= 0.6 is 23.5 Å². The Morgan fingerprint density at radius 2 is 1.75 bits per heavy atom. The molecule has 4 N–H and O–H groups in total. The molecule has 1 fully saturated rings. The number of β-lactam (4-membered cyclic amide) rings is 1. The molecule has 0 saturated carbocycles. The molecule has 3 aliphatic heterocycles. The number of carbonyl (C=O) groups is 7. The molecule has 0 bridgehead atoms. The van der Waals surface area contributed by atoms with Crippen molar-refractivity contribution in [2.45, 2.75) is 48.4 Å². The predicted octanol–water partition coefficient (Wildman–Crippen LogP) is -0.492. The van der Waals surface area contributed by atoms with Crippen molar-refractivity contribution in [1.29, 1.82) is 0 Å². The highest BCUT2D eigenvalue weighted by Gasteiger charge is 2.54. The number of hydrogen-bond acceptors (Lipinski definition) is 12. The van der Waals surface area contributed by atoms with Gasteiger partial charge in [0.05, 0.1) is 11.1 Å². The van der Waals surface area contributed by atoms with Gasteiger partial charge >= 0.3 is 17.9 Å². The number of aromatic nitrogens is 4. The summed E-state index contributed by atoms with van der Waals surface area (Å²) in [5.74, 6) is -6.30. The van der Waals surface area contributed by atoms with Crippen LogP contribution in [0.4, 0.5) is 0 Å². The fourth-order valence-electron chi connectivity index (χ4n) is 5.03. The van der Waals surface area contributed by atoms with E-state index in [1.807, 2.05) is 0 Å². The normalized spacial score (nSPS) is 19.8. The van der Waals surface area contributed by atoms with Gasteiger partial charge in [-0.1, -0.05) is 23.9 Å². The molecule has 44 heavy (non-hydrogen) atoms. The summed E-state index contributed by atoms with van der Waals surface area (Å²) in [4.78, 5) is 87.8. The van der Waals surface area contributed by atoms with Crippen molar-refractivity contribution < 1.29 is 48.9 Å². The first kappa shape index (κ1) is 30.7. The molecule has 230 valence electrons. The Balaban J connectivity index is 1.17. The molecule has 4 heterocycles. The number of fused-ring (bicyclic) bond motifs is 2. The summed E-state index contributed by atoms with van der Waals surface area (Å²) in [5, 5.41) is 41.4. The van der Waals surface area contributed by atoms with Gasteiger partial charge in [0, 0.05) is 17.9 Å². The number of benzene rings is 1. The summed E-state index contributed by atoms with van der Waals surface area (Å²) in [5.41, 5.74) is 0.364. The fraction of sp³-hybridized carbons (Fsp3) is 0.360. The molecular formula is C25H23N7O10S2. The Labute approximate surface area is 255 Å². The topological polar surface area (TPSA) is 242 Å². The zero-order chi connectivity index (χ0) is 31.7. The third-order valence-corrected chi connectivity index (χ3v) is 9.41. The second-order valence-corrected chi connectivity index (χ2v) is 11.8. The molecule has 17 nitrogen and oxygen atoms in total. The third-order valence-electron chi connectivity index (χ3n) is 7.03. The van der Waals surface area contributed by atoms with Gasteiger partial charge in [-0.25, -0.2) is 14.3 Å². The largest absolute Gasteiger partial charge is 0.480 e. The molecule has 3 atom stereocenters. The number of imide groups is 1. The van der Waals surface area contributed by atoms with Gasteiger partial charge in [0.25, 0.3) is 17.7 Å². The molecule has 5 rings (SSSR count). The minimum absolute atomic E-state index is 0.0123. The molecule has 4 amide bonds. The van der Waals surface area contributed by atoms with E-state index in [4.69, 9.17) is 5.11 Å². The average molecular weight is 646 g/mol. The Morgan fingerprint density at radius 1 is 1.07 bits per heavy atom. The molecule has 1 saturated heterocycles. The maximum Gasteiger partial charge on any atom is 0.352 e. The number of carboxylic acid groups (broad SMARTS) is 3. The number of carboxylic acids is 3. The summed E-state index contributed by atoms with van der Waals surface area (Å²) in [6.07, 6.45) is -0.413.